The summed E-state index contributed by atoms with van der Waals surface area (Å²) < 4.78 is 9.21. The topological polar surface area (TPSA) is 144 Å². The molecule has 0 fully saturated rings. The van der Waals surface area contributed by atoms with Gasteiger partial charge in [0, 0.05) is 46.8 Å². The van der Waals surface area contributed by atoms with Crippen molar-refractivity contribution >= 4 is 34.4 Å². The van der Waals surface area contributed by atoms with E-state index in [2.05, 4.69) is 39.3 Å². The van der Waals surface area contributed by atoms with Crippen LogP contribution in [0.1, 0.15) is 79.9 Å². The predicted octanol–water partition coefficient (Wildman–Crippen LogP) is 5.62. The molecule has 0 aliphatic carbocycles. The highest BCUT2D eigenvalue weighted by Crippen LogP contribution is 2.45. The smallest absolute Gasteiger partial charge is 0.341 e. The van der Waals surface area contributed by atoms with E-state index >= 15 is 0 Å². The van der Waals surface area contributed by atoms with Gasteiger partial charge in [-0.15, -0.1) is 5.10 Å². The molecule has 2 aromatic carbocycles. The van der Waals surface area contributed by atoms with Gasteiger partial charge in [0.05, 0.1) is 35.7 Å². The van der Waals surface area contributed by atoms with Crippen molar-refractivity contribution in [1.82, 2.24) is 39.6 Å². The molecule has 0 spiro atoms. The molecule has 13 heteroatoms. The van der Waals surface area contributed by atoms with E-state index in [-0.39, 0.29) is 42.5 Å². The largest absolute Gasteiger partial charge is 0.477 e. The number of hydrogen-bond acceptors (Lipinski definition) is 7. The number of para-hydroxylation sites is 1. The number of hydrogen-bond donors (Lipinski definition) is 2. The van der Waals surface area contributed by atoms with Crippen LogP contribution in [0.5, 0.6) is 5.88 Å². The highest BCUT2D eigenvalue weighted by molar-refractivity contribution is 6.31. The Kier molecular flexibility index (Phi) is 7.44. The summed E-state index contributed by atoms with van der Waals surface area (Å²) >= 11 is 6.80. The molecule has 6 aromatic rings. The number of H-pyrrole nitrogens is 1. The third kappa shape index (κ3) is 5.09. The second kappa shape index (κ2) is 11.9. The fourth-order valence-electron chi connectivity index (χ4n) is 7.10. The summed E-state index contributed by atoms with van der Waals surface area (Å²) in [4.78, 5) is 35.9. The van der Waals surface area contributed by atoms with Crippen molar-refractivity contribution in [2.75, 3.05) is 6.54 Å². The van der Waals surface area contributed by atoms with Gasteiger partial charge in [-0.3, -0.25) is 9.48 Å². The Morgan fingerprint density at radius 3 is 2.79 bits per heavy atom. The van der Waals surface area contributed by atoms with Gasteiger partial charge in [0.15, 0.2) is 0 Å². The maximum atomic E-state index is 14.8. The summed E-state index contributed by atoms with van der Waals surface area (Å²) in [5.74, 6) is -1.34. The molecule has 0 bridgehead atoms. The molecule has 4 aromatic heterocycles. The second-order valence-electron chi connectivity index (χ2n) is 12.2. The standard InChI is InChI=1S/C35H31ClN8O4/c1-20-32-30(23-9-3-5-12-27(23)38-32)25(22-8-2-4-11-26(22)36)17-43(20)34(45)31-28(40-44-15-7-13-29(31)44)18-42-16-21(39-41-42)19-48-33-24(35(46)47)10-6-14-37-33/h2-6,8-12,14,16,20,25,38H,7,13,15,17-19H2,1H3,(H,46,47). The minimum Gasteiger partial charge on any atom is -0.477 e. The first-order chi connectivity index (χ1) is 23.4. The van der Waals surface area contributed by atoms with Crippen LogP contribution < -0.4 is 4.74 Å². The second-order valence-corrected chi connectivity index (χ2v) is 12.6. The minimum atomic E-state index is -1.13. The average Bonchev–Trinajstić information content (AvgIpc) is 3.88. The summed E-state index contributed by atoms with van der Waals surface area (Å²) in [5, 5.41) is 24.6. The third-order valence-corrected chi connectivity index (χ3v) is 9.66. The number of carboxylic acid groups (broad SMARTS) is 1. The van der Waals surface area contributed by atoms with Gasteiger partial charge in [-0.05, 0) is 55.2 Å². The molecule has 2 aliphatic heterocycles. The number of benzene rings is 2. The van der Waals surface area contributed by atoms with Crippen molar-refractivity contribution in [2.45, 2.75) is 51.4 Å². The van der Waals surface area contributed by atoms with E-state index in [1.807, 2.05) is 46.0 Å². The van der Waals surface area contributed by atoms with Gasteiger partial charge in [0.2, 0.25) is 5.88 Å². The zero-order chi connectivity index (χ0) is 32.9. The van der Waals surface area contributed by atoms with Crippen LogP contribution in [0.3, 0.4) is 0 Å². The Hall–Kier alpha value is -5.49. The average molecular weight is 663 g/mol. The van der Waals surface area contributed by atoms with Gasteiger partial charge >= 0.3 is 5.97 Å². The van der Waals surface area contributed by atoms with Crippen LogP contribution in [0.25, 0.3) is 10.9 Å². The van der Waals surface area contributed by atoms with E-state index in [0.717, 1.165) is 47.2 Å². The van der Waals surface area contributed by atoms with Gasteiger partial charge in [-0.25, -0.2) is 14.5 Å². The van der Waals surface area contributed by atoms with E-state index in [1.165, 1.54) is 23.9 Å². The molecule has 2 N–H and O–H groups in total. The number of amides is 1. The van der Waals surface area contributed by atoms with Crippen molar-refractivity contribution in [3.63, 3.8) is 0 Å². The van der Waals surface area contributed by atoms with Crippen LogP contribution in [0, 0.1) is 0 Å². The molecule has 2 atom stereocenters. The van der Waals surface area contributed by atoms with Gasteiger partial charge < -0.3 is 19.7 Å². The van der Waals surface area contributed by atoms with E-state index < -0.39 is 5.97 Å². The number of fused-ring (bicyclic) bond motifs is 4. The van der Waals surface area contributed by atoms with Gasteiger partial charge in [-0.1, -0.05) is 53.2 Å². The van der Waals surface area contributed by atoms with E-state index in [4.69, 9.17) is 21.4 Å². The molecule has 2 aliphatic rings. The molecule has 242 valence electrons. The number of carboxylic acids is 1. The fourth-order valence-corrected chi connectivity index (χ4v) is 7.36. The van der Waals surface area contributed by atoms with Crippen LogP contribution in [-0.2, 0) is 26.1 Å². The van der Waals surface area contributed by atoms with Crippen LogP contribution in [0.4, 0.5) is 0 Å². The lowest BCUT2D eigenvalue weighted by Crippen LogP contribution is -2.41. The lowest BCUT2D eigenvalue weighted by Gasteiger charge is -2.39. The first kappa shape index (κ1) is 29.9. The summed E-state index contributed by atoms with van der Waals surface area (Å²) in [6.45, 7) is 3.47. The molecule has 0 saturated heterocycles. The summed E-state index contributed by atoms with van der Waals surface area (Å²) in [6.07, 6.45) is 4.85. The molecular weight excluding hydrogens is 632 g/mol. The van der Waals surface area contributed by atoms with Crippen LogP contribution >= 0.6 is 11.6 Å². The molecule has 0 radical (unpaired) electrons. The van der Waals surface area contributed by atoms with Crippen molar-refractivity contribution in [2.24, 2.45) is 0 Å². The summed E-state index contributed by atoms with van der Waals surface area (Å²) in [6, 6.07) is 18.8. The molecule has 6 heterocycles. The quantitative estimate of drug-likeness (QED) is 0.214. The van der Waals surface area contributed by atoms with Crippen LogP contribution in [-0.4, -0.2) is 63.2 Å². The molecule has 8 rings (SSSR count). The maximum Gasteiger partial charge on any atom is 0.341 e. The number of pyridine rings is 1. The number of aromatic nitrogens is 7. The Morgan fingerprint density at radius 1 is 1.10 bits per heavy atom. The molecule has 0 saturated carbocycles. The lowest BCUT2D eigenvalue weighted by molar-refractivity contribution is 0.0657. The third-order valence-electron chi connectivity index (χ3n) is 9.31. The number of ether oxygens (including phenoxy) is 1. The van der Waals surface area contributed by atoms with E-state index in [9.17, 15) is 14.7 Å². The number of aromatic amines is 1. The number of rotatable bonds is 8. The normalized spacial score (nSPS) is 17.0. The number of aromatic carboxylic acids is 1. The number of nitrogens with zero attached hydrogens (tertiary/aromatic N) is 7. The Bertz CT molecular complexity index is 2200. The zero-order valence-corrected chi connectivity index (χ0v) is 26.8. The van der Waals surface area contributed by atoms with Crippen molar-refractivity contribution < 1.29 is 19.4 Å². The van der Waals surface area contributed by atoms with Crippen molar-refractivity contribution in [3.05, 3.63) is 123 Å². The Balaban J connectivity index is 1.11. The first-order valence-corrected chi connectivity index (χ1v) is 16.2. The number of nitrogens with one attached hydrogen (secondary N) is 1. The molecule has 2 unspecified atom stereocenters. The fraction of sp³-hybridized carbons (Fsp3) is 0.257. The van der Waals surface area contributed by atoms with Crippen molar-refractivity contribution in [1.29, 1.82) is 0 Å². The highest BCUT2D eigenvalue weighted by Gasteiger charge is 2.40. The monoisotopic (exact) mass is 662 g/mol. The van der Waals surface area contributed by atoms with E-state index in [0.29, 0.717) is 28.5 Å². The molecule has 1 amide bonds. The van der Waals surface area contributed by atoms with Gasteiger partial charge in [0.25, 0.3) is 5.91 Å². The lowest BCUT2D eigenvalue weighted by atomic mass is 9.83. The summed E-state index contributed by atoms with van der Waals surface area (Å²) in [5.41, 5.74) is 6.78. The number of carbonyl (C=O) groups excluding carboxylic acids is 1. The SMILES string of the molecule is CC1c2[nH]c3ccccc3c2C(c2ccccc2Cl)CN1C(=O)c1c(Cn2cc(COc3ncccc3C(=O)O)nn2)nn2c1CCC2. The Morgan fingerprint density at radius 2 is 1.94 bits per heavy atom. The molecular formula is C35H31ClN8O4. The predicted molar refractivity (Wildman–Crippen MR) is 176 cm³/mol. The van der Waals surface area contributed by atoms with Gasteiger partial charge in [0.1, 0.15) is 17.9 Å². The first-order valence-electron chi connectivity index (χ1n) is 15.8. The number of aryl methyl sites for hydroxylation is 1. The number of carbonyl (C=O) groups is 2. The highest BCUT2D eigenvalue weighted by atomic mass is 35.5. The van der Waals surface area contributed by atoms with Gasteiger partial charge in [-0.2, -0.15) is 5.10 Å². The zero-order valence-electron chi connectivity index (χ0n) is 26.0. The number of halogens is 1. The van der Waals surface area contributed by atoms with Crippen LogP contribution in [0.15, 0.2) is 73.1 Å². The maximum absolute atomic E-state index is 14.8. The minimum absolute atomic E-state index is 0.00169. The summed E-state index contributed by atoms with van der Waals surface area (Å²) in [7, 11) is 0. The Labute approximate surface area is 279 Å². The van der Waals surface area contributed by atoms with E-state index in [1.54, 1.807) is 10.9 Å². The molecule has 12 nitrogen and oxygen atoms in total. The van der Waals surface area contributed by atoms with Crippen molar-refractivity contribution in [3.8, 4) is 5.88 Å². The molecule has 48 heavy (non-hydrogen) atoms. The van der Waals surface area contributed by atoms with Crippen LogP contribution in [0.2, 0.25) is 5.02 Å².